The van der Waals surface area contributed by atoms with E-state index in [0.717, 1.165) is 12.1 Å². The van der Waals surface area contributed by atoms with E-state index in [-0.39, 0.29) is 17.9 Å². The fraction of sp³-hybridized carbons (Fsp3) is 0.214. The molecule has 0 aliphatic heterocycles. The Morgan fingerprint density at radius 2 is 2.00 bits per heavy atom. The highest BCUT2D eigenvalue weighted by Gasteiger charge is 2.43. The van der Waals surface area contributed by atoms with Crippen molar-refractivity contribution in [3.8, 4) is 0 Å². The summed E-state index contributed by atoms with van der Waals surface area (Å²) in [6.45, 7) is 1.60. The lowest BCUT2D eigenvalue weighted by molar-refractivity contribution is -0.162. The van der Waals surface area contributed by atoms with Crippen LogP contribution in [0.15, 0.2) is 36.5 Å². The van der Waals surface area contributed by atoms with Gasteiger partial charge in [-0.1, -0.05) is 0 Å². The summed E-state index contributed by atoms with van der Waals surface area (Å²) in [6.07, 6.45) is 1.48. The van der Waals surface area contributed by atoms with Gasteiger partial charge in [-0.25, -0.2) is 13.6 Å². The van der Waals surface area contributed by atoms with Crippen molar-refractivity contribution < 1.29 is 23.4 Å². The molecular formula is C14H13F2NO3. The van der Waals surface area contributed by atoms with Gasteiger partial charge in [-0.15, -0.1) is 0 Å². The van der Waals surface area contributed by atoms with Crippen molar-refractivity contribution in [1.29, 1.82) is 0 Å². The fourth-order valence-electron chi connectivity index (χ4n) is 1.94. The molecule has 2 aromatic rings. The number of halogens is 2. The third-order valence-corrected chi connectivity index (χ3v) is 2.84. The summed E-state index contributed by atoms with van der Waals surface area (Å²) < 4.78 is 31.5. The van der Waals surface area contributed by atoms with Crippen LogP contribution in [0.4, 0.5) is 8.78 Å². The number of ether oxygens (including phenoxy) is 1. The molecule has 0 radical (unpaired) electrons. The number of hydrogen-bond donors (Lipinski definition) is 2. The average molecular weight is 281 g/mol. The molecule has 0 fully saturated rings. The second-order valence-corrected chi connectivity index (χ2v) is 4.17. The topological polar surface area (TPSA) is 62.3 Å². The first-order chi connectivity index (χ1) is 9.48. The van der Waals surface area contributed by atoms with Crippen LogP contribution in [-0.4, -0.2) is 22.7 Å². The van der Waals surface area contributed by atoms with Gasteiger partial charge in [-0.2, -0.15) is 0 Å². The van der Waals surface area contributed by atoms with Crippen LogP contribution in [0.3, 0.4) is 0 Å². The van der Waals surface area contributed by atoms with Gasteiger partial charge in [0.25, 0.3) is 0 Å². The molecule has 6 heteroatoms. The van der Waals surface area contributed by atoms with Crippen molar-refractivity contribution in [2.45, 2.75) is 12.5 Å². The Morgan fingerprint density at radius 1 is 1.35 bits per heavy atom. The van der Waals surface area contributed by atoms with Crippen molar-refractivity contribution in [2.24, 2.45) is 0 Å². The molecule has 0 aliphatic carbocycles. The van der Waals surface area contributed by atoms with Gasteiger partial charge in [-0.05, 0) is 31.2 Å². The number of rotatable bonds is 4. The molecule has 0 saturated heterocycles. The number of aromatic amines is 1. The van der Waals surface area contributed by atoms with E-state index in [4.69, 9.17) is 4.74 Å². The van der Waals surface area contributed by atoms with Crippen LogP contribution in [0, 0.1) is 11.6 Å². The van der Waals surface area contributed by atoms with Crippen molar-refractivity contribution in [3.05, 3.63) is 59.4 Å². The summed E-state index contributed by atoms with van der Waals surface area (Å²) in [7, 11) is 0. The number of carbonyl (C=O) groups is 1. The molecule has 2 rings (SSSR count). The van der Waals surface area contributed by atoms with Crippen LogP contribution in [0.5, 0.6) is 0 Å². The fourth-order valence-corrected chi connectivity index (χ4v) is 1.94. The van der Waals surface area contributed by atoms with Crippen LogP contribution in [0.2, 0.25) is 0 Å². The van der Waals surface area contributed by atoms with E-state index in [0.29, 0.717) is 6.07 Å². The molecule has 1 aromatic heterocycles. The molecule has 106 valence electrons. The number of aromatic nitrogens is 1. The van der Waals surface area contributed by atoms with Gasteiger partial charge < -0.3 is 14.8 Å². The van der Waals surface area contributed by atoms with Crippen molar-refractivity contribution >= 4 is 5.97 Å². The number of carbonyl (C=O) groups excluding carboxylic acids is 1. The van der Waals surface area contributed by atoms with Crippen LogP contribution in [0.1, 0.15) is 18.2 Å². The number of aliphatic hydroxyl groups is 1. The molecule has 2 N–H and O–H groups in total. The molecule has 0 saturated carbocycles. The van der Waals surface area contributed by atoms with E-state index < -0.39 is 23.2 Å². The van der Waals surface area contributed by atoms with Gasteiger partial charge in [-0.3, -0.25) is 0 Å². The standard InChI is InChI=1S/C14H13F2NO3/c1-2-20-13(18)14(19,12-4-3-5-17-12)9-6-10(15)8-11(16)7-9/h3-8,17,19H,2H2,1H3/t14-/m1/s1. The van der Waals surface area contributed by atoms with E-state index in [1.807, 2.05) is 0 Å². The van der Waals surface area contributed by atoms with Gasteiger partial charge in [0.1, 0.15) is 11.6 Å². The first-order valence-corrected chi connectivity index (χ1v) is 5.98. The van der Waals surface area contributed by atoms with Gasteiger partial charge in [0.15, 0.2) is 0 Å². The Bertz CT molecular complexity index is 593. The Labute approximate surface area is 114 Å². The minimum Gasteiger partial charge on any atom is -0.463 e. The smallest absolute Gasteiger partial charge is 0.349 e. The average Bonchev–Trinajstić information content (AvgIpc) is 2.91. The third-order valence-electron chi connectivity index (χ3n) is 2.84. The monoisotopic (exact) mass is 281 g/mol. The molecule has 0 aliphatic rings. The lowest BCUT2D eigenvalue weighted by Crippen LogP contribution is -2.39. The zero-order valence-electron chi connectivity index (χ0n) is 10.7. The van der Waals surface area contributed by atoms with Gasteiger partial charge in [0, 0.05) is 17.8 Å². The Kier molecular flexibility index (Phi) is 3.85. The highest BCUT2D eigenvalue weighted by atomic mass is 19.1. The van der Waals surface area contributed by atoms with Crippen molar-refractivity contribution in [3.63, 3.8) is 0 Å². The van der Waals surface area contributed by atoms with Crippen LogP contribution in [-0.2, 0) is 15.1 Å². The van der Waals surface area contributed by atoms with Gasteiger partial charge in [0.2, 0.25) is 5.60 Å². The summed E-state index contributed by atoms with van der Waals surface area (Å²) in [4.78, 5) is 14.7. The highest BCUT2D eigenvalue weighted by molar-refractivity contribution is 5.84. The predicted molar refractivity (Wildman–Crippen MR) is 66.8 cm³/mol. The molecule has 20 heavy (non-hydrogen) atoms. The first kappa shape index (κ1) is 14.2. The highest BCUT2D eigenvalue weighted by Crippen LogP contribution is 2.31. The minimum atomic E-state index is -2.29. The van der Waals surface area contributed by atoms with E-state index in [2.05, 4.69) is 4.98 Å². The summed E-state index contributed by atoms with van der Waals surface area (Å²) in [5.41, 5.74) is -2.46. The molecule has 0 amide bonds. The van der Waals surface area contributed by atoms with E-state index >= 15 is 0 Å². The predicted octanol–water partition coefficient (Wildman–Crippen LogP) is 2.09. The van der Waals surface area contributed by atoms with Crippen LogP contribution < -0.4 is 0 Å². The summed E-state index contributed by atoms with van der Waals surface area (Å²) in [5.74, 6) is -2.80. The second kappa shape index (κ2) is 5.42. The number of esters is 1. The Balaban J connectivity index is 2.60. The summed E-state index contributed by atoms with van der Waals surface area (Å²) >= 11 is 0. The number of nitrogens with one attached hydrogen (secondary N) is 1. The van der Waals surface area contributed by atoms with Crippen molar-refractivity contribution in [1.82, 2.24) is 4.98 Å². The quantitative estimate of drug-likeness (QED) is 0.844. The molecule has 1 heterocycles. The lowest BCUT2D eigenvalue weighted by Gasteiger charge is -2.25. The van der Waals surface area contributed by atoms with Crippen molar-refractivity contribution in [2.75, 3.05) is 6.61 Å². The SMILES string of the molecule is CCOC(=O)[C@@](O)(c1cc(F)cc(F)c1)c1ccc[nH]1. The van der Waals surface area contributed by atoms with E-state index in [1.165, 1.54) is 12.3 Å². The summed E-state index contributed by atoms with van der Waals surface area (Å²) in [6, 6.07) is 5.42. The molecule has 0 unspecified atom stereocenters. The normalized spacial score (nSPS) is 13.8. The molecule has 0 bridgehead atoms. The van der Waals surface area contributed by atoms with Crippen LogP contribution in [0.25, 0.3) is 0 Å². The maximum Gasteiger partial charge on any atom is 0.349 e. The summed E-state index contributed by atoms with van der Waals surface area (Å²) in [5, 5.41) is 10.7. The molecule has 1 atom stereocenters. The largest absolute Gasteiger partial charge is 0.463 e. The van der Waals surface area contributed by atoms with Gasteiger partial charge in [0.05, 0.1) is 12.3 Å². The van der Waals surface area contributed by atoms with Gasteiger partial charge >= 0.3 is 5.97 Å². The zero-order chi connectivity index (χ0) is 14.8. The van der Waals surface area contributed by atoms with E-state index in [1.54, 1.807) is 13.0 Å². The number of hydrogen-bond acceptors (Lipinski definition) is 3. The second-order valence-electron chi connectivity index (χ2n) is 4.17. The maximum absolute atomic E-state index is 13.3. The Morgan fingerprint density at radius 3 is 2.50 bits per heavy atom. The third kappa shape index (κ3) is 2.42. The lowest BCUT2D eigenvalue weighted by atomic mass is 9.90. The molecule has 4 nitrogen and oxygen atoms in total. The first-order valence-electron chi connectivity index (χ1n) is 5.98. The molecule has 0 spiro atoms. The minimum absolute atomic E-state index is 0.0274. The van der Waals surface area contributed by atoms with Crippen LogP contribution >= 0.6 is 0 Å². The molecular weight excluding hydrogens is 268 g/mol. The molecule has 1 aromatic carbocycles. The maximum atomic E-state index is 13.3. The number of H-pyrrole nitrogens is 1. The number of benzene rings is 1. The van der Waals surface area contributed by atoms with E-state index in [9.17, 15) is 18.7 Å². The zero-order valence-corrected chi connectivity index (χ0v) is 10.7. The Hall–Kier alpha value is -2.21.